The molecule has 0 aromatic rings. The molecule has 1 heterocycles. The number of hydrogen-bond donors (Lipinski definition) is 4. The summed E-state index contributed by atoms with van der Waals surface area (Å²) >= 11 is 0. The summed E-state index contributed by atoms with van der Waals surface area (Å²) in [6.45, 7) is 4.58. The summed E-state index contributed by atoms with van der Waals surface area (Å²) in [5, 5.41) is 40.1. The molecule has 1 aliphatic rings. The number of aliphatic hydroxyl groups is 4. The molecule has 9 nitrogen and oxygen atoms in total. The molecule has 9 heteroatoms. The van der Waals surface area contributed by atoms with Gasteiger partial charge in [-0.05, 0) is 38.5 Å². The van der Waals surface area contributed by atoms with E-state index in [1.165, 1.54) is 148 Å². The molecule has 0 aromatic heterocycles. The fraction of sp³-hybridized carbons (Fsp3) is 0.935. The van der Waals surface area contributed by atoms with E-state index in [-0.39, 0.29) is 19.2 Å². The van der Waals surface area contributed by atoms with Crippen molar-refractivity contribution in [2.24, 2.45) is 0 Å². The summed E-state index contributed by atoms with van der Waals surface area (Å²) < 4.78 is 22.8. The lowest BCUT2D eigenvalue weighted by Crippen LogP contribution is -2.59. The van der Waals surface area contributed by atoms with Gasteiger partial charge in [-0.3, -0.25) is 4.79 Å². The lowest BCUT2D eigenvalue weighted by Gasteiger charge is -2.39. The first kappa shape index (κ1) is 51.9. The normalized spacial score (nSPS) is 20.7. The highest BCUT2D eigenvalue weighted by molar-refractivity contribution is 5.69. The molecular formula is C46H88O9. The fourth-order valence-corrected chi connectivity index (χ4v) is 7.25. The molecule has 4 N–H and O–H groups in total. The summed E-state index contributed by atoms with van der Waals surface area (Å²) in [5.41, 5.74) is 0. The van der Waals surface area contributed by atoms with E-state index < -0.39 is 43.4 Å². The van der Waals surface area contributed by atoms with Gasteiger partial charge in [-0.25, -0.2) is 0 Å². The van der Waals surface area contributed by atoms with Gasteiger partial charge in [0, 0.05) is 13.0 Å². The van der Waals surface area contributed by atoms with Crippen molar-refractivity contribution in [3.63, 3.8) is 0 Å². The number of hydrogen-bond acceptors (Lipinski definition) is 9. The van der Waals surface area contributed by atoms with E-state index >= 15 is 0 Å². The van der Waals surface area contributed by atoms with Gasteiger partial charge in [-0.15, -0.1) is 0 Å². The Morgan fingerprint density at radius 1 is 0.564 bits per heavy atom. The van der Waals surface area contributed by atoms with Crippen LogP contribution in [-0.4, -0.2) is 89.6 Å². The van der Waals surface area contributed by atoms with Crippen LogP contribution in [0.4, 0.5) is 0 Å². The predicted molar refractivity (Wildman–Crippen MR) is 224 cm³/mol. The van der Waals surface area contributed by atoms with E-state index in [1.54, 1.807) is 0 Å². The van der Waals surface area contributed by atoms with Crippen LogP contribution in [0.15, 0.2) is 12.2 Å². The lowest BCUT2D eigenvalue weighted by atomic mass is 9.99. The highest BCUT2D eigenvalue weighted by Gasteiger charge is 2.44. The van der Waals surface area contributed by atoms with Crippen LogP contribution in [-0.2, 0) is 23.7 Å². The number of aliphatic hydroxyl groups excluding tert-OH is 4. The summed E-state index contributed by atoms with van der Waals surface area (Å²) in [6, 6.07) is 0. The van der Waals surface area contributed by atoms with Crippen LogP contribution in [0.3, 0.4) is 0 Å². The van der Waals surface area contributed by atoms with E-state index in [0.717, 1.165) is 44.9 Å². The highest BCUT2D eigenvalue weighted by Crippen LogP contribution is 2.23. The first-order valence-corrected chi connectivity index (χ1v) is 23.3. The topological polar surface area (TPSA) is 135 Å². The minimum absolute atomic E-state index is 0.111. The Morgan fingerprint density at radius 3 is 1.47 bits per heavy atom. The molecular weight excluding hydrogens is 696 g/mol. The Morgan fingerprint density at radius 2 is 1.00 bits per heavy atom. The Labute approximate surface area is 337 Å². The summed E-state index contributed by atoms with van der Waals surface area (Å²) in [6.07, 6.45) is 35.2. The molecule has 326 valence electrons. The van der Waals surface area contributed by atoms with Crippen molar-refractivity contribution in [2.75, 3.05) is 26.4 Å². The first-order chi connectivity index (χ1) is 26.9. The second kappa shape index (κ2) is 38.4. The summed E-state index contributed by atoms with van der Waals surface area (Å²) in [4.78, 5) is 12.8. The van der Waals surface area contributed by atoms with Crippen LogP contribution in [0.5, 0.6) is 0 Å². The van der Waals surface area contributed by atoms with Crippen LogP contribution in [0.2, 0.25) is 0 Å². The molecule has 1 aliphatic heterocycles. The number of allylic oxidation sites excluding steroid dienone is 2. The minimum atomic E-state index is -1.53. The van der Waals surface area contributed by atoms with E-state index in [9.17, 15) is 25.2 Å². The second-order valence-corrected chi connectivity index (χ2v) is 16.2. The third-order valence-corrected chi connectivity index (χ3v) is 10.9. The smallest absolute Gasteiger partial charge is 0.306 e. The lowest BCUT2D eigenvalue weighted by molar-refractivity contribution is -0.305. The standard InChI is InChI=1S/C46H88O9/c1-3-5-7-9-11-13-15-17-19-21-23-25-27-29-31-33-35-42(48)54-40(39-53-46-45(51)44(50)43(49)41(37-47)55-46)38-52-36-34-32-30-28-26-24-22-20-18-16-14-12-10-8-6-4-2/h19,21,40-41,43-47,49-51H,3-18,20,22-39H2,1-2H3/b21-19-. The predicted octanol–water partition coefficient (Wildman–Crippen LogP) is 10.4. The van der Waals surface area contributed by atoms with Gasteiger partial charge in [0.2, 0.25) is 0 Å². The van der Waals surface area contributed by atoms with Crippen LogP contribution < -0.4 is 0 Å². The molecule has 1 rings (SSSR count). The Balaban J connectivity index is 2.25. The Hall–Kier alpha value is -1.07. The van der Waals surface area contributed by atoms with Crippen LogP contribution in [0.1, 0.15) is 213 Å². The Kier molecular flexibility index (Phi) is 36.3. The number of ether oxygens (including phenoxy) is 4. The van der Waals surface area contributed by atoms with Crippen LogP contribution in [0.25, 0.3) is 0 Å². The van der Waals surface area contributed by atoms with Crippen molar-refractivity contribution < 1.29 is 44.2 Å². The molecule has 0 aromatic carbocycles. The minimum Gasteiger partial charge on any atom is -0.457 e. The van der Waals surface area contributed by atoms with Gasteiger partial charge in [0.05, 0.1) is 19.8 Å². The number of esters is 1. The largest absolute Gasteiger partial charge is 0.457 e. The second-order valence-electron chi connectivity index (χ2n) is 16.2. The number of carbonyl (C=O) groups is 1. The van der Waals surface area contributed by atoms with E-state index in [4.69, 9.17) is 18.9 Å². The van der Waals surface area contributed by atoms with Crippen LogP contribution in [0, 0.1) is 0 Å². The molecule has 55 heavy (non-hydrogen) atoms. The van der Waals surface area contributed by atoms with Gasteiger partial charge in [0.25, 0.3) is 0 Å². The zero-order valence-electron chi connectivity index (χ0n) is 35.7. The molecule has 0 bridgehead atoms. The zero-order valence-corrected chi connectivity index (χ0v) is 35.7. The molecule has 0 aliphatic carbocycles. The third-order valence-electron chi connectivity index (χ3n) is 10.9. The van der Waals surface area contributed by atoms with E-state index in [1.807, 2.05) is 0 Å². The van der Waals surface area contributed by atoms with E-state index in [0.29, 0.717) is 13.0 Å². The molecule has 6 unspecified atom stereocenters. The van der Waals surface area contributed by atoms with Gasteiger partial charge in [0.1, 0.15) is 30.5 Å². The average molecular weight is 785 g/mol. The first-order valence-electron chi connectivity index (χ1n) is 23.3. The van der Waals surface area contributed by atoms with Crippen molar-refractivity contribution in [2.45, 2.75) is 250 Å². The molecule has 6 atom stereocenters. The Bertz CT molecular complexity index is 853. The van der Waals surface area contributed by atoms with E-state index in [2.05, 4.69) is 26.0 Å². The maximum absolute atomic E-state index is 12.8. The number of carbonyl (C=O) groups excluding carboxylic acids is 1. The molecule has 0 saturated carbocycles. The SMILES string of the molecule is CCCCCCCCC/C=C\CCCCCCCC(=O)OC(COCCCCCCCCCCCCCCCCCC)COC1OC(CO)C(O)C(O)C1O. The molecule has 0 spiro atoms. The van der Waals surface area contributed by atoms with Gasteiger partial charge in [0.15, 0.2) is 6.29 Å². The van der Waals surface area contributed by atoms with Crippen molar-refractivity contribution >= 4 is 5.97 Å². The average Bonchev–Trinajstić information content (AvgIpc) is 3.18. The number of rotatable bonds is 40. The highest BCUT2D eigenvalue weighted by atomic mass is 16.7. The molecule has 0 amide bonds. The molecule has 0 radical (unpaired) electrons. The van der Waals surface area contributed by atoms with Gasteiger partial charge < -0.3 is 39.4 Å². The van der Waals surface area contributed by atoms with Crippen molar-refractivity contribution in [1.82, 2.24) is 0 Å². The molecule has 1 fully saturated rings. The van der Waals surface area contributed by atoms with Gasteiger partial charge >= 0.3 is 5.97 Å². The molecule has 1 saturated heterocycles. The monoisotopic (exact) mass is 785 g/mol. The van der Waals surface area contributed by atoms with Crippen LogP contribution >= 0.6 is 0 Å². The van der Waals surface area contributed by atoms with Gasteiger partial charge in [-0.2, -0.15) is 0 Å². The fourth-order valence-electron chi connectivity index (χ4n) is 7.25. The maximum atomic E-state index is 12.8. The van der Waals surface area contributed by atoms with Gasteiger partial charge in [-0.1, -0.05) is 180 Å². The maximum Gasteiger partial charge on any atom is 0.306 e. The third kappa shape index (κ3) is 29.8. The number of unbranched alkanes of at least 4 members (excludes halogenated alkanes) is 27. The van der Waals surface area contributed by atoms with Crippen molar-refractivity contribution in [3.05, 3.63) is 12.2 Å². The van der Waals surface area contributed by atoms with Crippen molar-refractivity contribution in [1.29, 1.82) is 0 Å². The zero-order chi connectivity index (χ0) is 40.0. The summed E-state index contributed by atoms with van der Waals surface area (Å²) in [7, 11) is 0. The quantitative estimate of drug-likeness (QED) is 0.0272. The summed E-state index contributed by atoms with van der Waals surface area (Å²) in [5.74, 6) is -0.318. The van der Waals surface area contributed by atoms with Crippen molar-refractivity contribution in [3.8, 4) is 0 Å².